The van der Waals surface area contributed by atoms with Gasteiger partial charge in [-0.1, -0.05) is 32.6 Å². The summed E-state index contributed by atoms with van der Waals surface area (Å²) < 4.78 is 15.2. The Hall–Kier alpha value is -0.730. The molecule has 1 rings (SSSR count). The summed E-state index contributed by atoms with van der Waals surface area (Å²) in [6, 6.07) is 0. The molecule has 1 aliphatic rings. The summed E-state index contributed by atoms with van der Waals surface area (Å²) in [5, 5.41) is 29.2. The van der Waals surface area contributed by atoms with Gasteiger partial charge in [0.05, 0.1) is 0 Å². The monoisotopic (exact) mass is 320 g/mol. The first-order valence-corrected chi connectivity index (χ1v) is 7.89. The zero-order valence-corrected chi connectivity index (χ0v) is 13.3. The second-order valence-corrected chi connectivity index (χ2v) is 5.60. The Bertz CT molecular complexity index is 321. The van der Waals surface area contributed by atoms with Crippen molar-refractivity contribution in [1.82, 2.24) is 0 Å². The van der Waals surface area contributed by atoms with Gasteiger partial charge in [-0.15, -0.1) is 0 Å². The molecule has 1 heterocycles. The van der Waals surface area contributed by atoms with Crippen molar-refractivity contribution < 1.29 is 34.3 Å². The van der Waals surface area contributed by atoms with Crippen LogP contribution in [-0.2, 0) is 19.0 Å². The van der Waals surface area contributed by atoms with Gasteiger partial charge in [0.15, 0.2) is 6.29 Å². The second-order valence-electron chi connectivity index (χ2n) is 5.60. The normalized spacial score (nSPS) is 32.0. The van der Waals surface area contributed by atoms with E-state index >= 15 is 0 Å². The van der Waals surface area contributed by atoms with Gasteiger partial charge in [0.25, 0.3) is 0 Å². The lowest BCUT2D eigenvalue weighted by molar-refractivity contribution is -0.295. The van der Waals surface area contributed by atoms with E-state index in [1.54, 1.807) is 0 Å². The van der Waals surface area contributed by atoms with E-state index in [1.165, 1.54) is 7.11 Å². The van der Waals surface area contributed by atoms with Gasteiger partial charge in [-0.25, -0.2) is 0 Å². The van der Waals surface area contributed by atoms with Crippen LogP contribution in [0.3, 0.4) is 0 Å². The number of methoxy groups -OCH3 is 1. The molecule has 0 aromatic rings. The van der Waals surface area contributed by atoms with Gasteiger partial charge < -0.3 is 29.5 Å². The number of hydrogen-bond acceptors (Lipinski definition) is 7. The van der Waals surface area contributed by atoms with Crippen molar-refractivity contribution in [3.63, 3.8) is 0 Å². The maximum atomic E-state index is 11.6. The first-order valence-electron chi connectivity index (χ1n) is 7.89. The van der Waals surface area contributed by atoms with Crippen LogP contribution in [0.1, 0.15) is 45.4 Å². The Kier molecular flexibility index (Phi) is 8.89. The average molecular weight is 320 g/mol. The van der Waals surface area contributed by atoms with Crippen LogP contribution >= 0.6 is 0 Å². The largest absolute Gasteiger partial charge is 0.463 e. The van der Waals surface area contributed by atoms with Crippen molar-refractivity contribution in [3.05, 3.63) is 0 Å². The third-order valence-corrected chi connectivity index (χ3v) is 3.79. The number of ether oxygens (including phenoxy) is 3. The lowest BCUT2D eigenvalue weighted by atomic mass is 9.99. The van der Waals surface area contributed by atoms with E-state index in [9.17, 15) is 20.1 Å². The van der Waals surface area contributed by atoms with E-state index < -0.39 is 30.7 Å². The minimum Gasteiger partial charge on any atom is -0.463 e. The molecule has 1 fully saturated rings. The molecule has 0 spiro atoms. The number of rotatable bonds is 9. The molecule has 130 valence electrons. The molecule has 3 N–H and O–H groups in total. The SMILES string of the molecule is CCCCCCCC(=O)OC[C@H]1OC(OC)[C@H](O)[C@@H](O)[C@@H]1O. The van der Waals surface area contributed by atoms with Crippen molar-refractivity contribution in [2.24, 2.45) is 0 Å². The molecule has 5 atom stereocenters. The fourth-order valence-electron chi connectivity index (χ4n) is 2.37. The number of carbonyl (C=O) groups excluding carboxylic acids is 1. The van der Waals surface area contributed by atoms with Gasteiger partial charge in [-0.2, -0.15) is 0 Å². The van der Waals surface area contributed by atoms with Crippen LogP contribution in [0.4, 0.5) is 0 Å². The van der Waals surface area contributed by atoms with Gasteiger partial charge in [0, 0.05) is 13.5 Å². The molecule has 7 nitrogen and oxygen atoms in total. The van der Waals surface area contributed by atoms with Crippen molar-refractivity contribution in [3.8, 4) is 0 Å². The standard InChI is InChI=1S/C15H28O7/c1-3-4-5-6-7-8-11(16)21-9-10-12(17)13(18)14(19)15(20-2)22-10/h10,12-15,17-19H,3-9H2,1-2H3/t10-,12-,13+,14-,15?/m1/s1. The van der Waals surface area contributed by atoms with E-state index in [4.69, 9.17) is 14.2 Å². The maximum absolute atomic E-state index is 11.6. The summed E-state index contributed by atoms with van der Waals surface area (Å²) in [5.74, 6) is -0.359. The van der Waals surface area contributed by atoms with Crippen LogP contribution in [0.2, 0.25) is 0 Å². The predicted octanol–water partition coefficient (Wildman–Crippen LogP) is 0.344. The van der Waals surface area contributed by atoms with E-state index in [0.29, 0.717) is 6.42 Å². The average Bonchev–Trinajstić information content (AvgIpc) is 2.52. The molecule has 0 aromatic heterocycles. The Morgan fingerprint density at radius 3 is 2.36 bits per heavy atom. The van der Waals surface area contributed by atoms with Crippen LogP contribution in [-0.4, -0.2) is 65.7 Å². The minimum atomic E-state index is -1.41. The van der Waals surface area contributed by atoms with Crippen LogP contribution in [0.5, 0.6) is 0 Å². The highest BCUT2D eigenvalue weighted by molar-refractivity contribution is 5.69. The Morgan fingerprint density at radius 2 is 1.73 bits per heavy atom. The fraction of sp³-hybridized carbons (Fsp3) is 0.933. The molecular weight excluding hydrogens is 292 g/mol. The number of aliphatic hydroxyl groups is 3. The smallest absolute Gasteiger partial charge is 0.305 e. The van der Waals surface area contributed by atoms with E-state index in [-0.39, 0.29) is 12.6 Å². The van der Waals surface area contributed by atoms with Gasteiger partial charge >= 0.3 is 5.97 Å². The zero-order chi connectivity index (χ0) is 16.5. The summed E-state index contributed by atoms with van der Waals surface area (Å²) in [4.78, 5) is 11.6. The molecule has 0 aliphatic carbocycles. The summed E-state index contributed by atoms with van der Waals surface area (Å²) in [7, 11) is 1.32. The lowest BCUT2D eigenvalue weighted by Gasteiger charge is -2.39. The number of carbonyl (C=O) groups is 1. The van der Waals surface area contributed by atoms with E-state index in [0.717, 1.165) is 32.1 Å². The van der Waals surface area contributed by atoms with Crippen molar-refractivity contribution in [1.29, 1.82) is 0 Å². The lowest BCUT2D eigenvalue weighted by Crippen LogP contribution is -2.59. The quantitative estimate of drug-likeness (QED) is 0.415. The summed E-state index contributed by atoms with van der Waals surface area (Å²) in [5.41, 5.74) is 0. The van der Waals surface area contributed by atoms with E-state index in [2.05, 4.69) is 6.92 Å². The highest BCUT2D eigenvalue weighted by atomic mass is 16.7. The predicted molar refractivity (Wildman–Crippen MR) is 78.0 cm³/mol. The number of aliphatic hydroxyl groups excluding tert-OH is 3. The molecule has 0 amide bonds. The Balaban J connectivity index is 2.29. The third kappa shape index (κ3) is 5.81. The molecule has 1 saturated heterocycles. The van der Waals surface area contributed by atoms with Crippen LogP contribution in [0, 0.1) is 0 Å². The minimum absolute atomic E-state index is 0.182. The number of esters is 1. The summed E-state index contributed by atoms with van der Waals surface area (Å²) >= 11 is 0. The van der Waals surface area contributed by atoms with Gasteiger partial charge in [0.1, 0.15) is 31.0 Å². The van der Waals surface area contributed by atoms with Crippen LogP contribution < -0.4 is 0 Å². The fourth-order valence-corrected chi connectivity index (χ4v) is 2.37. The highest BCUT2D eigenvalue weighted by Gasteiger charge is 2.44. The summed E-state index contributed by atoms with van der Waals surface area (Å²) in [6.07, 6.45) is -0.563. The topological polar surface area (TPSA) is 105 Å². The molecule has 1 aliphatic heterocycles. The van der Waals surface area contributed by atoms with Crippen molar-refractivity contribution in [2.75, 3.05) is 13.7 Å². The Labute approximate surface area is 131 Å². The van der Waals surface area contributed by atoms with Gasteiger partial charge in [-0.05, 0) is 6.42 Å². The second kappa shape index (κ2) is 10.1. The Morgan fingerprint density at radius 1 is 1.05 bits per heavy atom. The third-order valence-electron chi connectivity index (χ3n) is 3.79. The molecule has 0 saturated carbocycles. The van der Waals surface area contributed by atoms with Crippen molar-refractivity contribution >= 4 is 5.97 Å². The van der Waals surface area contributed by atoms with Crippen molar-refractivity contribution in [2.45, 2.75) is 76.2 Å². The molecule has 0 aromatic carbocycles. The highest BCUT2D eigenvalue weighted by Crippen LogP contribution is 2.22. The van der Waals surface area contributed by atoms with Gasteiger partial charge in [0.2, 0.25) is 0 Å². The molecular formula is C15H28O7. The first-order chi connectivity index (χ1) is 10.5. The number of unbranched alkanes of at least 4 members (excludes halogenated alkanes) is 4. The summed E-state index contributed by atoms with van der Waals surface area (Å²) in [6.45, 7) is 1.95. The maximum Gasteiger partial charge on any atom is 0.305 e. The molecule has 0 radical (unpaired) electrons. The molecule has 22 heavy (non-hydrogen) atoms. The van der Waals surface area contributed by atoms with Gasteiger partial charge in [-0.3, -0.25) is 4.79 Å². The van der Waals surface area contributed by atoms with E-state index in [1.807, 2.05) is 0 Å². The molecule has 1 unspecified atom stereocenters. The zero-order valence-electron chi connectivity index (χ0n) is 13.3. The van der Waals surface area contributed by atoms with Crippen LogP contribution in [0.15, 0.2) is 0 Å². The first kappa shape index (κ1) is 19.3. The molecule has 7 heteroatoms. The number of hydrogen-bond donors (Lipinski definition) is 3. The molecule has 0 bridgehead atoms. The van der Waals surface area contributed by atoms with Crippen LogP contribution in [0.25, 0.3) is 0 Å².